The van der Waals surface area contributed by atoms with Gasteiger partial charge in [0.25, 0.3) is 0 Å². The average molecular weight is 272 g/mol. The lowest BCUT2D eigenvalue weighted by Gasteiger charge is -1.97. The van der Waals surface area contributed by atoms with E-state index in [0.717, 1.165) is 6.20 Å². The van der Waals surface area contributed by atoms with Crippen LogP contribution in [0.5, 0.6) is 0 Å². The van der Waals surface area contributed by atoms with Gasteiger partial charge < -0.3 is 0 Å². The number of nitro groups is 1. The molecule has 0 radical (unpaired) electrons. The van der Waals surface area contributed by atoms with Crippen LogP contribution in [0.15, 0.2) is 10.7 Å². The van der Waals surface area contributed by atoms with Crippen molar-refractivity contribution in [2.24, 2.45) is 0 Å². The van der Waals surface area contributed by atoms with E-state index in [0.29, 0.717) is 0 Å². The van der Waals surface area contributed by atoms with Gasteiger partial charge in [-0.2, -0.15) is 0 Å². The molecule has 0 spiro atoms. The summed E-state index contributed by atoms with van der Waals surface area (Å²) >= 11 is 14.1. The molecule has 0 aliphatic carbocycles. The summed E-state index contributed by atoms with van der Waals surface area (Å²) in [7, 11) is 0. The number of nitrogens with zero attached hydrogens (tertiary/aromatic N) is 2. The predicted molar refractivity (Wildman–Crippen MR) is 48.6 cm³/mol. The largest absolute Gasteiger partial charge is 0.307 e. The monoisotopic (exact) mass is 270 g/mol. The molecule has 0 saturated carbocycles. The van der Waals surface area contributed by atoms with Crippen molar-refractivity contribution in [3.63, 3.8) is 0 Å². The van der Waals surface area contributed by atoms with Crippen LogP contribution in [0.3, 0.4) is 0 Å². The van der Waals surface area contributed by atoms with Gasteiger partial charge in [0.2, 0.25) is 0 Å². The molecule has 1 rings (SSSR count). The fourth-order valence-electron chi connectivity index (χ4n) is 0.561. The van der Waals surface area contributed by atoms with Gasteiger partial charge in [0.15, 0.2) is 0 Å². The van der Waals surface area contributed by atoms with Crippen molar-refractivity contribution in [3.8, 4) is 0 Å². The number of pyridine rings is 1. The Morgan fingerprint density at radius 3 is 2.67 bits per heavy atom. The molecule has 7 heteroatoms. The quantitative estimate of drug-likeness (QED) is 0.448. The van der Waals surface area contributed by atoms with Gasteiger partial charge in [-0.05, 0) is 15.9 Å². The first-order chi connectivity index (χ1) is 5.54. The number of hydrogen-bond acceptors (Lipinski definition) is 3. The molecular weight excluding hydrogens is 271 g/mol. The molecule has 0 atom stereocenters. The molecule has 0 aromatic carbocycles. The number of hydrogen-bond donors (Lipinski definition) is 0. The highest BCUT2D eigenvalue weighted by Gasteiger charge is 2.17. The Morgan fingerprint density at radius 1 is 1.58 bits per heavy atom. The maximum Gasteiger partial charge on any atom is 0.307 e. The van der Waals surface area contributed by atoms with Crippen LogP contribution in [0.25, 0.3) is 0 Å². The lowest BCUT2D eigenvalue weighted by atomic mass is 10.4. The van der Waals surface area contributed by atoms with Crippen LogP contribution < -0.4 is 0 Å². The van der Waals surface area contributed by atoms with Crippen molar-refractivity contribution < 1.29 is 4.92 Å². The zero-order chi connectivity index (χ0) is 9.30. The van der Waals surface area contributed by atoms with E-state index in [-0.39, 0.29) is 20.3 Å². The average Bonchev–Trinajstić information content (AvgIpc) is 2.00. The Balaban J connectivity index is 3.36. The van der Waals surface area contributed by atoms with Gasteiger partial charge >= 0.3 is 5.69 Å². The van der Waals surface area contributed by atoms with Gasteiger partial charge in [-0.1, -0.05) is 23.2 Å². The van der Waals surface area contributed by atoms with E-state index in [1.165, 1.54) is 0 Å². The van der Waals surface area contributed by atoms with Crippen LogP contribution in [-0.4, -0.2) is 9.91 Å². The zero-order valence-corrected chi connectivity index (χ0v) is 8.52. The third-order valence-electron chi connectivity index (χ3n) is 1.10. The summed E-state index contributed by atoms with van der Waals surface area (Å²) in [6.45, 7) is 0. The van der Waals surface area contributed by atoms with Crippen LogP contribution in [0, 0.1) is 10.1 Å². The second-order valence-electron chi connectivity index (χ2n) is 1.82. The molecule has 64 valence electrons. The highest BCUT2D eigenvalue weighted by Crippen LogP contribution is 2.34. The number of aromatic nitrogens is 1. The first-order valence-corrected chi connectivity index (χ1v) is 4.23. The van der Waals surface area contributed by atoms with E-state index in [1.807, 2.05) is 0 Å². The summed E-state index contributed by atoms with van der Waals surface area (Å²) < 4.78 is 0.236. The fourth-order valence-corrected chi connectivity index (χ4v) is 1.27. The van der Waals surface area contributed by atoms with Crippen LogP contribution in [0.2, 0.25) is 10.2 Å². The third kappa shape index (κ3) is 1.68. The van der Waals surface area contributed by atoms with Crippen molar-refractivity contribution in [1.82, 2.24) is 4.98 Å². The lowest BCUT2D eigenvalue weighted by Crippen LogP contribution is -1.91. The summed E-state index contributed by atoms with van der Waals surface area (Å²) in [6.07, 6.45) is 1.01. The normalized spacial score (nSPS) is 9.92. The maximum atomic E-state index is 10.3. The molecule has 0 fully saturated rings. The highest BCUT2D eigenvalue weighted by atomic mass is 79.9. The molecule has 0 aliphatic heterocycles. The Kier molecular flexibility index (Phi) is 2.87. The summed E-state index contributed by atoms with van der Waals surface area (Å²) in [5.41, 5.74) is -0.270. The smallest absolute Gasteiger partial charge is 0.258 e. The van der Waals surface area contributed by atoms with Crippen LogP contribution >= 0.6 is 39.1 Å². The van der Waals surface area contributed by atoms with E-state index in [9.17, 15) is 10.1 Å². The Bertz CT molecular complexity index is 344. The molecule has 1 heterocycles. The number of halogens is 3. The first-order valence-electron chi connectivity index (χ1n) is 2.68. The summed E-state index contributed by atoms with van der Waals surface area (Å²) in [5, 5.41) is 10.4. The second-order valence-corrected chi connectivity index (χ2v) is 3.35. The molecule has 0 aliphatic rings. The van der Waals surface area contributed by atoms with E-state index in [1.54, 1.807) is 0 Å². The Labute approximate surface area is 85.8 Å². The highest BCUT2D eigenvalue weighted by molar-refractivity contribution is 9.10. The Morgan fingerprint density at radius 2 is 2.17 bits per heavy atom. The molecule has 0 N–H and O–H groups in total. The van der Waals surface area contributed by atoms with E-state index >= 15 is 0 Å². The predicted octanol–water partition coefficient (Wildman–Crippen LogP) is 3.06. The molecule has 12 heavy (non-hydrogen) atoms. The van der Waals surface area contributed by atoms with Gasteiger partial charge in [-0.25, -0.2) is 4.98 Å². The van der Waals surface area contributed by atoms with Gasteiger partial charge in [-0.15, -0.1) is 0 Å². The molecule has 0 unspecified atom stereocenters. The molecule has 0 amide bonds. The van der Waals surface area contributed by atoms with E-state index < -0.39 is 4.92 Å². The summed E-state index contributed by atoms with van der Waals surface area (Å²) in [6, 6.07) is 0. The molecular formula is C5HBrCl2N2O2. The van der Waals surface area contributed by atoms with Gasteiger partial charge in [0.1, 0.15) is 16.4 Å². The van der Waals surface area contributed by atoms with Crippen molar-refractivity contribution >= 4 is 44.8 Å². The molecule has 1 aromatic rings. The standard InChI is InChI=1S/C5HBrCl2N2O2/c6-3-4(7)2(10(11)12)1-9-5(3)8/h1H. The van der Waals surface area contributed by atoms with Crippen molar-refractivity contribution in [2.45, 2.75) is 0 Å². The van der Waals surface area contributed by atoms with E-state index in [4.69, 9.17) is 23.2 Å². The van der Waals surface area contributed by atoms with Crippen molar-refractivity contribution in [3.05, 3.63) is 31.0 Å². The minimum absolute atomic E-state index is 0.0417. The van der Waals surface area contributed by atoms with Crippen molar-refractivity contribution in [1.29, 1.82) is 0 Å². The first kappa shape index (κ1) is 9.70. The minimum Gasteiger partial charge on any atom is -0.258 e. The topological polar surface area (TPSA) is 56.0 Å². The minimum atomic E-state index is -0.629. The lowest BCUT2D eigenvalue weighted by molar-refractivity contribution is -0.385. The molecule has 4 nitrogen and oxygen atoms in total. The summed E-state index contributed by atoms with van der Waals surface area (Å²) in [4.78, 5) is 13.2. The van der Waals surface area contributed by atoms with Crippen molar-refractivity contribution in [2.75, 3.05) is 0 Å². The maximum absolute atomic E-state index is 10.3. The molecule has 0 bridgehead atoms. The fraction of sp³-hybridized carbons (Fsp3) is 0. The molecule has 0 saturated heterocycles. The second kappa shape index (κ2) is 3.55. The van der Waals surface area contributed by atoms with Crippen LogP contribution in [0.1, 0.15) is 0 Å². The van der Waals surface area contributed by atoms with Gasteiger partial charge in [-0.3, -0.25) is 10.1 Å². The zero-order valence-electron chi connectivity index (χ0n) is 5.42. The van der Waals surface area contributed by atoms with Gasteiger partial charge in [0, 0.05) is 0 Å². The summed E-state index contributed by atoms with van der Waals surface area (Å²) in [5.74, 6) is 0. The number of rotatable bonds is 1. The van der Waals surface area contributed by atoms with E-state index in [2.05, 4.69) is 20.9 Å². The van der Waals surface area contributed by atoms with Gasteiger partial charge in [0.05, 0.1) is 9.40 Å². The third-order valence-corrected chi connectivity index (χ3v) is 2.99. The molecule has 1 aromatic heterocycles. The Hall–Kier alpha value is -0.390. The van der Waals surface area contributed by atoms with Crippen LogP contribution in [-0.2, 0) is 0 Å². The SMILES string of the molecule is O=[N+]([O-])c1cnc(Cl)c(Br)c1Cl. The van der Waals surface area contributed by atoms with Crippen LogP contribution in [0.4, 0.5) is 5.69 Å².